The third-order valence-corrected chi connectivity index (χ3v) is 7.93. The van der Waals surface area contributed by atoms with Gasteiger partial charge in [0.05, 0.1) is 51.0 Å². The largest absolute Gasteiger partial charge is 0.395 e. The van der Waals surface area contributed by atoms with Gasteiger partial charge in [0.15, 0.2) is 5.65 Å². The molecule has 0 aliphatic carbocycles. The Morgan fingerprint density at radius 3 is 2.18 bits per heavy atom. The molecule has 2 aromatic heterocycles. The van der Waals surface area contributed by atoms with E-state index < -0.39 is 0 Å². The zero-order valence-corrected chi connectivity index (χ0v) is 25.9. The molecule has 4 aromatic rings. The number of hydrogen-bond donors (Lipinski definition) is 2. The van der Waals surface area contributed by atoms with Gasteiger partial charge in [-0.2, -0.15) is 9.61 Å². The summed E-state index contributed by atoms with van der Waals surface area (Å²) in [7, 11) is 0. The van der Waals surface area contributed by atoms with E-state index in [0.29, 0.717) is 52.7 Å². The molecule has 10 nitrogen and oxygen atoms in total. The predicted molar refractivity (Wildman–Crippen MR) is 174 cm³/mol. The number of anilines is 1. The minimum Gasteiger partial charge on any atom is -0.395 e. The molecule has 0 bridgehead atoms. The van der Waals surface area contributed by atoms with E-state index in [1.54, 1.807) is 0 Å². The zero-order valence-electron chi connectivity index (χ0n) is 25.9. The lowest BCUT2D eigenvalue weighted by Gasteiger charge is -2.35. The second-order valence-electron chi connectivity index (χ2n) is 11.0. The van der Waals surface area contributed by atoms with Gasteiger partial charge in [0.25, 0.3) is 0 Å². The van der Waals surface area contributed by atoms with E-state index in [2.05, 4.69) is 71.3 Å². The van der Waals surface area contributed by atoms with Gasteiger partial charge in [-0.25, -0.2) is 4.98 Å². The number of piperazine rings is 1. The van der Waals surface area contributed by atoms with Crippen molar-refractivity contribution in [2.24, 2.45) is 5.73 Å². The van der Waals surface area contributed by atoms with E-state index in [4.69, 9.17) is 30.0 Å². The van der Waals surface area contributed by atoms with E-state index >= 15 is 0 Å². The monoisotopic (exact) mass is 602 g/mol. The minimum absolute atomic E-state index is 0.187. The molecule has 5 rings (SSSR count). The van der Waals surface area contributed by atoms with Crippen LogP contribution in [0.15, 0.2) is 60.7 Å². The molecule has 0 amide bonds. The van der Waals surface area contributed by atoms with Crippen LogP contribution in [0.4, 0.5) is 5.82 Å². The highest BCUT2D eigenvalue weighted by Crippen LogP contribution is 2.33. The Morgan fingerprint density at radius 2 is 1.50 bits per heavy atom. The highest BCUT2D eigenvalue weighted by atomic mass is 16.5. The molecule has 3 heterocycles. The standard InChI is InChI=1S/C34H46N6O4/c1-27-33(30-7-3-2-4-8-30)34-36-31(26-32(40(34)37-27)39-16-14-38(15-17-39)18-19-41)29-11-9-28(10-12-29)6-5-20-42-22-24-44-25-23-43-21-13-35/h2-4,7-12,26,41H,5-6,13-25,35H2,1H3. The highest BCUT2D eigenvalue weighted by molar-refractivity contribution is 5.83. The summed E-state index contributed by atoms with van der Waals surface area (Å²) >= 11 is 0. The van der Waals surface area contributed by atoms with Gasteiger partial charge < -0.3 is 30.0 Å². The van der Waals surface area contributed by atoms with Gasteiger partial charge in [0, 0.05) is 63.1 Å². The fourth-order valence-electron chi connectivity index (χ4n) is 5.61. The van der Waals surface area contributed by atoms with Crippen LogP contribution in [0.5, 0.6) is 0 Å². The lowest BCUT2D eigenvalue weighted by Crippen LogP contribution is -2.47. The molecule has 1 aliphatic rings. The van der Waals surface area contributed by atoms with Crippen molar-refractivity contribution in [1.82, 2.24) is 19.5 Å². The van der Waals surface area contributed by atoms with Crippen molar-refractivity contribution < 1.29 is 19.3 Å². The highest BCUT2D eigenvalue weighted by Gasteiger charge is 2.23. The molecule has 3 N–H and O–H groups in total. The Morgan fingerprint density at radius 1 is 0.818 bits per heavy atom. The summed E-state index contributed by atoms with van der Waals surface area (Å²) in [5, 5.41) is 14.4. The van der Waals surface area contributed by atoms with Crippen molar-refractivity contribution in [3.63, 3.8) is 0 Å². The normalized spacial score (nSPS) is 14.1. The summed E-state index contributed by atoms with van der Waals surface area (Å²) < 4.78 is 18.5. The third-order valence-electron chi connectivity index (χ3n) is 7.93. The first-order valence-corrected chi connectivity index (χ1v) is 15.7. The predicted octanol–water partition coefficient (Wildman–Crippen LogP) is 3.43. The summed E-state index contributed by atoms with van der Waals surface area (Å²) in [6, 6.07) is 21.3. The van der Waals surface area contributed by atoms with Crippen LogP contribution >= 0.6 is 0 Å². The summed E-state index contributed by atoms with van der Waals surface area (Å²) in [6.45, 7) is 10.6. The number of nitrogens with two attached hydrogens (primary N) is 1. The molecular formula is C34H46N6O4. The van der Waals surface area contributed by atoms with E-state index in [-0.39, 0.29) is 6.61 Å². The summed E-state index contributed by atoms with van der Waals surface area (Å²) in [4.78, 5) is 9.88. The molecule has 1 aliphatic heterocycles. The first kappa shape index (κ1) is 32.0. The number of aromatic nitrogens is 3. The van der Waals surface area contributed by atoms with Crippen LogP contribution in [0, 0.1) is 6.92 Å². The van der Waals surface area contributed by atoms with Crippen molar-refractivity contribution in [3.8, 4) is 22.4 Å². The number of aryl methyl sites for hydroxylation is 2. The van der Waals surface area contributed by atoms with Crippen LogP contribution in [0.2, 0.25) is 0 Å². The molecule has 1 saturated heterocycles. The first-order valence-electron chi connectivity index (χ1n) is 15.7. The Balaban J connectivity index is 1.26. The number of benzene rings is 2. The minimum atomic E-state index is 0.187. The Labute approximate surface area is 260 Å². The van der Waals surface area contributed by atoms with Crippen LogP contribution in [-0.2, 0) is 20.6 Å². The fourth-order valence-corrected chi connectivity index (χ4v) is 5.61. The van der Waals surface area contributed by atoms with Crippen molar-refractivity contribution in [1.29, 1.82) is 0 Å². The van der Waals surface area contributed by atoms with Crippen LogP contribution in [0.1, 0.15) is 17.7 Å². The van der Waals surface area contributed by atoms with E-state index in [1.807, 2.05) is 10.6 Å². The van der Waals surface area contributed by atoms with Gasteiger partial charge in [0.1, 0.15) is 5.82 Å². The maximum Gasteiger partial charge on any atom is 0.166 e. The number of aliphatic hydroxyl groups excluding tert-OH is 1. The van der Waals surface area contributed by atoms with Gasteiger partial charge in [-0.05, 0) is 30.9 Å². The average Bonchev–Trinajstić information content (AvgIpc) is 3.40. The Bertz CT molecular complexity index is 1420. The van der Waals surface area contributed by atoms with Crippen molar-refractivity contribution in [3.05, 3.63) is 71.9 Å². The number of β-amino-alcohol motifs (C(OH)–C–C–N with tert-alkyl or cyclic N) is 1. The molecular weight excluding hydrogens is 556 g/mol. The van der Waals surface area contributed by atoms with Crippen LogP contribution in [-0.4, -0.2) is 110 Å². The lowest BCUT2D eigenvalue weighted by molar-refractivity contribution is 0.0156. The van der Waals surface area contributed by atoms with Crippen LogP contribution < -0.4 is 10.6 Å². The first-order chi connectivity index (χ1) is 21.7. The van der Waals surface area contributed by atoms with Gasteiger partial charge in [0.2, 0.25) is 0 Å². The molecule has 1 fully saturated rings. The summed E-state index contributed by atoms with van der Waals surface area (Å²) in [5.74, 6) is 1.05. The number of ether oxygens (including phenoxy) is 3. The summed E-state index contributed by atoms with van der Waals surface area (Å²) in [5.41, 5.74) is 12.7. The zero-order chi connectivity index (χ0) is 30.6. The smallest absolute Gasteiger partial charge is 0.166 e. The maximum absolute atomic E-state index is 9.40. The molecule has 0 radical (unpaired) electrons. The second-order valence-corrected chi connectivity index (χ2v) is 11.0. The van der Waals surface area contributed by atoms with Crippen LogP contribution in [0.3, 0.4) is 0 Å². The molecule has 44 heavy (non-hydrogen) atoms. The van der Waals surface area contributed by atoms with Crippen LogP contribution in [0.25, 0.3) is 28.0 Å². The SMILES string of the molecule is Cc1nn2c(N3CCN(CCO)CC3)cc(-c3ccc(CCCOCCOCCOCCN)cc3)nc2c1-c1ccccc1. The third kappa shape index (κ3) is 8.41. The Hall–Kier alpha value is -3.38. The fraction of sp³-hybridized carbons (Fsp3) is 0.471. The van der Waals surface area contributed by atoms with Crippen molar-refractivity contribution in [2.45, 2.75) is 19.8 Å². The molecule has 0 unspecified atom stereocenters. The molecule has 2 aromatic carbocycles. The van der Waals surface area contributed by atoms with E-state index in [9.17, 15) is 5.11 Å². The van der Waals surface area contributed by atoms with Gasteiger partial charge in [-0.1, -0.05) is 54.6 Å². The number of nitrogens with zero attached hydrogens (tertiary/aromatic N) is 5. The number of hydrogen-bond acceptors (Lipinski definition) is 9. The molecule has 0 spiro atoms. The van der Waals surface area contributed by atoms with Gasteiger partial charge in [-0.15, -0.1) is 0 Å². The second kappa shape index (κ2) is 16.6. The van der Waals surface area contributed by atoms with E-state index in [1.165, 1.54) is 5.56 Å². The topological polar surface area (TPSA) is 111 Å². The molecule has 0 saturated carbocycles. The van der Waals surface area contributed by atoms with Gasteiger partial charge >= 0.3 is 0 Å². The lowest BCUT2D eigenvalue weighted by atomic mass is 10.0. The van der Waals surface area contributed by atoms with Crippen molar-refractivity contribution in [2.75, 3.05) is 90.4 Å². The Kier molecular flexibility index (Phi) is 12.1. The number of rotatable bonds is 17. The van der Waals surface area contributed by atoms with E-state index in [0.717, 1.165) is 78.6 Å². The number of aliphatic hydroxyl groups is 1. The molecule has 236 valence electrons. The quantitative estimate of drug-likeness (QED) is 0.176. The molecule has 0 atom stereocenters. The van der Waals surface area contributed by atoms with Crippen molar-refractivity contribution >= 4 is 11.5 Å². The van der Waals surface area contributed by atoms with Gasteiger partial charge in [-0.3, -0.25) is 4.90 Å². The number of fused-ring (bicyclic) bond motifs is 1. The average molecular weight is 603 g/mol. The maximum atomic E-state index is 9.40. The summed E-state index contributed by atoms with van der Waals surface area (Å²) in [6.07, 6.45) is 1.90. The molecule has 10 heteroatoms.